The van der Waals surface area contributed by atoms with E-state index in [-0.39, 0.29) is 5.91 Å². The molecule has 0 aliphatic rings. The fourth-order valence-corrected chi connectivity index (χ4v) is 1.53. The molecule has 1 amide bonds. The lowest BCUT2D eigenvalue weighted by atomic mass is 10.2. The summed E-state index contributed by atoms with van der Waals surface area (Å²) in [5.74, 6) is 0.0772. The van der Waals surface area contributed by atoms with Crippen LogP contribution in [0, 0.1) is 0 Å². The molecule has 15 heavy (non-hydrogen) atoms. The third-order valence-corrected chi connectivity index (χ3v) is 2.55. The highest BCUT2D eigenvalue weighted by Gasteiger charge is 2.00. The third-order valence-electron chi connectivity index (χ3n) is 2.55. The molecular formula is C12H26N2O. The van der Waals surface area contributed by atoms with Crippen LogP contribution < -0.4 is 5.32 Å². The van der Waals surface area contributed by atoms with Gasteiger partial charge < -0.3 is 10.2 Å². The standard InChI is InChI=1S/C12H26N2O/c1-4-6-10-14(5-2)11-8-7-9-13-12(3)15/h4-11H2,1-3H3,(H,13,15). The van der Waals surface area contributed by atoms with Gasteiger partial charge >= 0.3 is 0 Å². The van der Waals surface area contributed by atoms with Crippen molar-refractivity contribution in [3.63, 3.8) is 0 Å². The molecule has 0 aromatic heterocycles. The first-order valence-electron chi connectivity index (χ1n) is 6.17. The summed E-state index contributed by atoms with van der Waals surface area (Å²) in [7, 11) is 0. The highest BCUT2D eigenvalue weighted by molar-refractivity contribution is 5.72. The van der Waals surface area contributed by atoms with Gasteiger partial charge in [0.25, 0.3) is 0 Å². The number of hydrogen-bond donors (Lipinski definition) is 1. The first-order valence-corrected chi connectivity index (χ1v) is 6.17. The van der Waals surface area contributed by atoms with Gasteiger partial charge in [0.1, 0.15) is 0 Å². The van der Waals surface area contributed by atoms with Crippen LogP contribution in [0.5, 0.6) is 0 Å². The van der Waals surface area contributed by atoms with E-state index >= 15 is 0 Å². The minimum absolute atomic E-state index is 0.0772. The minimum atomic E-state index is 0.0772. The summed E-state index contributed by atoms with van der Waals surface area (Å²) < 4.78 is 0. The Balaban J connectivity index is 3.33. The molecule has 0 aliphatic carbocycles. The zero-order valence-electron chi connectivity index (χ0n) is 10.5. The molecule has 3 nitrogen and oxygen atoms in total. The summed E-state index contributed by atoms with van der Waals surface area (Å²) >= 11 is 0. The molecule has 0 spiro atoms. The van der Waals surface area contributed by atoms with Crippen molar-refractivity contribution >= 4 is 5.91 Å². The molecule has 0 unspecified atom stereocenters. The predicted octanol–water partition coefficient (Wildman–Crippen LogP) is 2.02. The topological polar surface area (TPSA) is 32.3 Å². The van der Waals surface area contributed by atoms with E-state index in [9.17, 15) is 4.79 Å². The van der Waals surface area contributed by atoms with Gasteiger partial charge in [-0.1, -0.05) is 20.3 Å². The number of carbonyl (C=O) groups excluding carboxylic acids is 1. The van der Waals surface area contributed by atoms with Gasteiger partial charge in [-0.3, -0.25) is 4.79 Å². The quantitative estimate of drug-likeness (QED) is 0.596. The molecule has 0 aliphatic heterocycles. The maximum atomic E-state index is 10.6. The Hall–Kier alpha value is -0.570. The Morgan fingerprint density at radius 3 is 2.33 bits per heavy atom. The molecular weight excluding hydrogens is 188 g/mol. The van der Waals surface area contributed by atoms with Gasteiger partial charge in [0.05, 0.1) is 0 Å². The van der Waals surface area contributed by atoms with Crippen LogP contribution in [-0.2, 0) is 4.79 Å². The minimum Gasteiger partial charge on any atom is -0.356 e. The number of nitrogens with zero attached hydrogens (tertiary/aromatic N) is 1. The Labute approximate surface area is 94.2 Å². The lowest BCUT2D eigenvalue weighted by Crippen LogP contribution is -2.27. The number of rotatable bonds is 9. The van der Waals surface area contributed by atoms with Gasteiger partial charge in [-0.2, -0.15) is 0 Å². The third kappa shape index (κ3) is 9.73. The second-order valence-electron chi connectivity index (χ2n) is 3.98. The van der Waals surface area contributed by atoms with Gasteiger partial charge in [-0.05, 0) is 38.9 Å². The van der Waals surface area contributed by atoms with Crippen LogP contribution in [0.2, 0.25) is 0 Å². The van der Waals surface area contributed by atoms with Gasteiger partial charge in [0, 0.05) is 13.5 Å². The molecule has 0 saturated carbocycles. The Morgan fingerprint density at radius 1 is 1.13 bits per heavy atom. The van der Waals surface area contributed by atoms with Crippen molar-refractivity contribution < 1.29 is 4.79 Å². The van der Waals surface area contributed by atoms with E-state index in [0.29, 0.717) is 0 Å². The number of hydrogen-bond acceptors (Lipinski definition) is 2. The summed E-state index contributed by atoms with van der Waals surface area (Å²) in [5.41, 5.74) is 0. The first kappa shape index (κ1) is 14.4. The first-order chi connectivity index (χ1) is 7.20. The fourth-order valence-electron chi connectivity index (χ4n) is 1.53. The zero-order valence-corrected chi connectivity index (χ0v) is 10.5. The van der Waals surface area contributed by atoms with Crippen LogP contribution in [-0.4, -0.2) is 37.0 Å². The van der Waals surface area contributed by atoms with Crippen LogP contribution in [0.3, 0.4) is 0 Å². The largest absolute Gasteiger partial charge is 0.356 e. The van der Waals surface area contributed by atoms with E-state index in [0.717, 1.165) is 26.1 Å². The molecule has 3 heteroatoms. The van der Waals surface area contributed by atoms with E-state index < -0.39 is 0 Å². The van der Waals surface area contributed by atoms with Crippen molar-refractivity contribution in [1.29, 1.82) is 0 Å². The van der Waals surface area contributed by atoms with E-state index in [1.807, 2.05) is 0 Å². The Morgan fingerprint density at radius 2 is 1.80 bits per heavy atom. The summed E-state index contributed by atoms with van der Waals surface area (Å²) in [6.45, 7) is 10.3. The van der Waals surface area contributed by atoms with Crippen molar-refractivity contribution in [2.45, 2.75) is 46.5 Å². The number of carbonyl (C=O) groups is 1. The second kappa shape index (κ2) is 9.97. The Kier molecular flexibility index (Phi) is 9.59. The summed E-state index contributed by atoms with van der Waals surface area (Å²) in [5, 5.41) is 2.82. The van der Waals surface area contributed by atoms with Crippen molar-refractivity contribution in [2.24, 2.45) is 0 Å². The lowest BCUT2D eigenvalue weighted by molar-refractivity contribution is -0.118. The fraction of sp³-hybridized carbons (Fsp3) is 0.917. The van der Waals surface area contributed by atoms with Crippen LogP contribution in [0.1, 0.15) is 46.5 Å². The number of amides is 1. The summed E-state index contributed by atoms with van der Waals surface area (Å²) in [4.78, 5) is 13.1. The Bertz CT molecular complexity index is 160. The van der Waals surface area contributed by atoms with Gasteiger partial charge in [0.15, 0.2) is 0 Å². The normalized spacial score (nSPS) is 10.7. The average molecular weight is 214 g/mol. The molecule has 0 bridgehead atoms. The molecule has 0 rings (SSSR count). The van der Waals surface area contributed by atoms with Crippen LogP contribution in [0.15, 0.2) is 0 Å². The summed E-state index contributed by atoms with van der Waals surface area (Å²) in [6, 6.07) is 0. The van der Waals surface area contributed by atoms with Crippen molar-refractivity contribution in [1.82, 2.24) is 10.2 Å². The van der Waals surface area contributed by atoms with Crippen molar-refractivity contribution in [3.05, 3.63) is 0 Å². The van der Waals surface area contributed by atoms with E-state index in [4.69, 9.17) is 0 Å². The SMILES string of the molecule is CCCCN(CC)CCCCNC(C)=O. The maximum Gasteiger partial charge on any atom is 0.216 e. The molecule has 0 fully saturated rings. The van der Waals surface area contributed by atoms with E-state index in [2.05, 4.69) is 24.1 Å². The molecule has 1 N–H and O–H groups in total. The molecule has 0 saturated heterocycles. The number of unbranched alkanes of at least 4 members (excludes halogenated alkanes) is 2. The smallest absolute Gasteiger partial charge is 0.216 e. The molecule has 0 atom stereocenters. The molecule has 90 valence electrons. The molecule has 0 radical (unpaired) electrons. The van der Waals surface area contributed by atoms with Crippen LogP contribution in [0.4, 0.5) is 0 Å². The number of nitrogens with one attached hydrogen (secondary N) is 1. The molecule has 0 aromatic carbocycles. The highest BCUT2D eigenvalue weighted by atomic mass is 16.1. The van der Waals surface area contributed by atoms with Gasteiger partial charge in [-0.15, -0.1) is 0 Å². The predicted molar refractivity (Wildman–Crippen MR) is 64.9 cm³/mol. The van der Waals surface area contributed by atoms with E-state index in [1.54, 1.807) is 6.92 Å². The lowest BCUT2D eigenvalue weighted by Gasteiger charge is -2.19. The summed E-state index contributed by atoms with van der Waals surface area (Å²) in [6.07, 6.45) is 4.82. The van der Waals surface area contributed by atoms with E-state index in [1.165, 1.54) is 25.8 Å². The van der Waals surface area contributed by atoms with Gasteiger partial charge in [-0.25, -0.2) is 0 Å². The molecule has 0 aromatic rings. The second-order valence-corrected chi connectivity index (χ2v) is 3.98. The molecule has 0 heterocycles. The highest BCUT2D eigenvalue weighted by Crippen LogP contribution is 1.98. The maximum absolute atomic E-state index is 10.6. The van der Waals surface area contributed by atoms with Crippen LogP contribution in [0.25, 0.3) is 0 Å². The van der Waals surface area contributed by atoms with Crippen LogP contribution >= 0.6 is 0 Å². The average Bonchev–Trinajstić information content (AvgIpc) is 2.21. The monoisotopic (exact) mass is 214 g/mol. The van der Waals surface area contributed by atoms with Gasteiger partial charge in [0.2, 0.25) is 5.91 Å². The van der Waals surface area contributed by atoms with Crippen molar-refractivity contribution in [3.8, 4) is 0 Å². The van der Waals surface area contributed by atoms with Crippen molar-refractivity contribution in [2.75, 3.05) is 26.2 Å². The zero-order chi connectivity index (χ0) is 11.5.